The van der Waals surface area contributed by atoms with Crippen LogP contribution in [-0.2, 0) is 95.2 Å². The molecule has 4 unspecified atom stereocenters. The highest BCUT2D eigenvalue weighted by Gasteiger charge is 2.26. The van der Waals surface area contributed by atoms with Gasteiger partial charge in [0.05, 0.1) is 117 Å². The highest BCUT2D eigenvalue weighted by atomic mass is 16.6. The van der Waals surface area contributed by atoms with Crippen molar-refractivity contribution in [3.05, 3.63) is 0 Å². The van der Waals surface area contributed by atoms with Gasteiger partial charge in [-0.15, -0.1) is 0 Å². The lowest BCUT2D eigenvalue weighted by atomic mass is 9.98. The Kier molecular flexibility index (Phi) is 81.1. The highest BCUT2D eigenvalue weighted by Crippen LogP contribution is 2.20. The molecule has 0 saturated carbocycles. The minimum Gasteiger partial charge on any atom is -0.480 e. The number of carboxylic acid groups (broad SMARTS) is 2. The quantitative estimate of drug-likeness (QED) is 0.0411. The van der Waals surface area contributed by atoms with E-state index < -0.39 is 24.0 Å². The first-order valence-corrected chi connectivity index (χ1v) is 44.4. The van der Waals surface area contributed by atoms with Gasteiger partial charge in [0.2, 0.25) is 11.8 Å². The molecule has 26 nitrogen and oxygen atoms in total. The fourth-order valence-electron chi connectivity index (χ4n) is 11.0. The van der Waals surface area contributed by atoms with Gasteiger partial charge in [0.1, 0.15) is 35.2 Å². The van der Waals surface area contributed by atoms with Crippen LogP contribution >= 0.6 is 0 Å². The van der Waals surface area contributed by atoms with Gasteiger partial charge in [-0.1, -0.05) is 83.1 Å². The number of likely N-dealkylation sites (tertiary alicyclic amines) is 2. The zero-order valence-electron chi connectivity index (χ0n) is 77.9. The number of amides is 2. The molecule has 2 amide bonds. The van der Waals surface area contributed by atoms with E-state index in [1.54, 1.807) is 27.7 Å². The number of rotatable bonds is 64. The highest BCUT2D eigenvalue weighted by molar-refractivity contribution is 5.86. The fourth-order valence-corrected chi connectivity index (χ4v) is 11.0. The number of aliphatic carboxylic acids is 2. The van der Waals surface area contributed by atoms with Gasteiger partial charge in [0, 0.05) is 127 Å². The third kappa shape index (κ3) is 82.3. The Bertz CT molecular complexity index is 2340. The van der Waals surface area contributed by atoms with E-state index in [-0.39, 0.29) is 84.9 Å². The molecule has 0 aromatic heterocycles. The van der Waals surface area contributed by atoms with Crippen molar-refractivity contribution in [3.63, 3.8) is 0 Å². The Hall–Kier alpha value is -4.00. The maximum atomic E-state index is 12.0. The number of carbonyl (C=O) groups excluding carboxylic acids is 6. The van der Waals surface area contributed by atoms with Crippen molar-refractivity contribution >= 4 is 46.9 Å². The first-order valence-electron chi connectivity index (χ1n) is 44.4. The lowest BCUT2D eigenvalue weighted by Gasteiger charge is -2.35. The van der Waals surface area contributed by atoms with E-state index >= 15 is 0 Å². The number of nitrogens with zero attached hydrogens (tertiary/aromatic N) is 2. The van der Waals surface area contributed by atoms with Crippen molar-refractivity contribution in [2.45, 2.75) is 330 Å². The monoisotopic (exact) mass is 1670 g/mol. The molecular weight excluding hydrogens is 1490 g/mol. The molecule has 0 aromatic carbocycles. The molecule has 0 bridgehead atoms. The number of hydrogen-bond donors (Lipinski definition) is 4. The summed E-state index contributed by atoms with van der Waals surface area (Å²) in [6, 6.07) is -0.820. The molecule has 2 saturated heterocycles. The zero-order valence-corrected chi connectivity index (χ0v) is 77.9. The number of Topliss-reactive ketones (excluding diaryl/α,β-unsaturated/α-hetero) is 4. The summed E-state index contributed by atoms with van der Waals surface area (Å²) in [7, 11) is 0. The summed E-state index contributed by atoms with van der Waals surface area (Å²) < 4.78 is 65.3. The van der Waals surface area contributed by atoms with Gasteiger partial charge in [-0.2, -0.15) is 0 Å². The van der Waals surface area contributed by atoms with Gasteiger partial charge in [0.25, 0.3) is 0 Å². The number of carbonyl (C=O) groups is 8. The van der Waals surface area contributed by atoms with E-state index in [1.807, 2.05) is 83.1 Å². The summed E-state index contributed by atoms with van der Waals surface area (Å²) in [5.74, 6) is 0.0820. The molecule has 116 heavy (non-hydrogen) atoms. The number of ketones is 4. The lowest BCUT2D eigenvalue weighted by molar-refractivity contribution is -0.143. The minimum atomic E-state index is -1.12. The standard InChI is InChI=1S/C23H42N2O6.C18H35NO3.C17H31NO6.C12H24O3.C11H24O2.C9H20O2/c1-17(2)22(27)24-21(23(28)29)10-9-20(26)8-6-12-30-13-14-31-16-19-7-5-11-25(15-19)18(3)4;1-15(2)18(20)8-6-10-21-11-12-22-14-17-7-5-9-19(13-17)16(3)4;1-12(2)16(20)18-15(17(21)22)8-7-14(19)6-5-9-23-10-11-24-13(3)4;1-10(2)12(13)6-5-7-14-8-9-15-11(3)4;1-10(2)6-5-7-12-8-9-13-11(3)4;1-8(2)7-10-5-6-11-9(3)4/h17-19,21H,5-16H2,1-4H3,(H,24,27)(H,28,29);15-17H,5-14H2,1-4H3;12-13,15H,5-11H2,1-4H3,(H,18,20)(H,21,22);10-11H,5-9H2,1-4H3;10-11H,5-9H2,1-4H3;8-9H,5-7H2,1-4H3. The summed E-state index contributed by atoms with van der Waals surface area (Å²) in [5.41, 5.74) is 0. The van der Waals surface area contributed by atoms with Gasteiger partial charge in [-0.05, 0) is 197 Å². The smallest absolute Gasteiger partial charge is 0.326 e. The van der Waals surface area contributed by atoms with Gasteiger partial charge in [0.15, 0.2) is 0 Å². The van der Waals surface area contributed by atoms with Crippen LogP contribution in [0.1, 0.15) is 282 Å². The van der Waals surface area contributed by atoms with Crippen LogP contribution in [0.3, 0.4) is 0 Å². The van der Waals surface area contributed by atoms with Crippen LogP contribution in [0.5, 0.6) is 0 Å². The van der Waals surface area contributed by atoms with Crippen molar-refractivity contribution in [2.24, 2.45) is 47.3 Å². The van der Waals surface area contributed by atoms with Gasteiger partial charge in [-0.25, -0.2) is 9.59 Å². The maximum Gasteiger partial charge on any atom is 0.326 e. The Morgan fingerprint density at radius 3 is 0.897 bits per heavy atom. The molecule has 0 spiro atoms. The number of ether oxygens (including phenoxy) is 12. The number of nitrogens with one attached hydrogen (secondary N) is 2. The summed E-state index contributed by atoms with van der Waals surface area (Å²) in [4.78, 5) is 97.1. The lowest BCUT2D eigenvalue weighted by Crippen LogP contribution is -2.42. The normalized spacial score (nSPS) is 15.1. The largest absolute Gasteiger partial charge is 0.480 e. The van der Waals surface area contributed by atoms with Crippen molar-refractivity contribution in [1.29, 1.82) is 0 Å². The SMILES string of the molecule is CC(C)C(=O)CCCOCCOCC1CCCN(C(C)C)C1.CC(C)C(=O)NC(CCC(=O)CCCOCCOCC1CCCN(C(C)C)C1)C(=O)O.CC(C)CCCOCCOC(C)C.CC(C)COCCOC(C)C.CC(C)OCCOCCCC(=O)C(C)C.CC(C)OCCOCCCC(=O)CCC(NC(=O)C(C)C)C(=O)O. The molecule has 2 aliphatic heterocycles. The maximum absolute atomic E-state index is 12.0. The topological polar surface area (TPSA) is 318 Å². The second kappa shape index (κ2) is 79.5. The summed E-state index contributed by atoms with van der Waals surface area (Å²) in [6.45, 7) is 66.1. The van der Waals surface area contributed by atoms with Crippen LogP contribution in [0.2, 0.25) is 0 Å². The van der Waals surface area contributed by atoms with Gasteiger partial charge >= 0.3 is 11.9 Å². The Balaban J connectivity index is -0.000000671. The molecule has 2 fully saturated rings. The molecule has 0 aromatic rings. The first-order chi connectivity index (χ1) is 54.7. The molecular formula is C90H176N4O22. The Morgan fingerprint density at radius 2 is 0.621 bits per heavy atom. The predicted molar refractivity (Wildman–Crippen MR) is 463 cm³/mol. The van der Waals surface area contributed by atoms with Crippen molar-refractivity contribution in [2.75, 3.05) is 158 Å². The van der Waals surface area contributed by atoms with Crippen LogP contribution in [0, 0.1) is 47.3 Å². The van der Waals surface area contributed by atoms with Crippen LogP contribution in [0.15, 0.2) is 0 Å². The van der Waals surface area contributed by atoms with E-state index in [4.69, 9.17) is 61.9 Å². The van der Waals surface area contributed by atoms with Gasteiger partial charge < -0.3 is 87.5 Å². The van der Waals surface area contributed by atoms with E-state index in [0.29, 0.717) is 178 Å². The minimum absolute atomic E-state index is 0.0168. The molecule has 4 N–H and O–H groups in total. The van der Waals surface area contributed by atoms with Crippen molar-refractivity contribution in [1.82, 2.24) is 20.4 Å². The van der Waals surface area contributed by atoms with E-state index in [1.165, 1.54) is 51.6 Å². The average molecular weight is 1670 g/mol. The average Bonchev–Trinajstić information content (AvgIpc) is 0.892. The summed E-state index contributed by atoms with van der Waals surface area (Å²) in [5, 5.41) is 23.2. The fraction of sp³-hybridized carbons (Fsp3) is 0.911. The Labute approximate surface area is 705 Å². The molecule has 0 aliphatic carbocycles. The number of piperidine rings is 2. The zero-order chi connectivity index (χ0) is 88.6. The summed E-state index contributed by atoms with van der Waals surface area (Å²) >= 11 is 0. The van der Waals surface area contributed by atoms with Crippen molar-refractivity contribution < 1.29 is 105 Å². The molecule has 26 heteroatoms. The van der Waals surface area contributed by atoms with Crippen LogP contribution in [-0.4, -0.2) is 274 Å². The molecule has 2 heterocycles. The number of hydrogen-bond acceptors (Lipinski definition) is 22. The molecule has 688 valence electrons. The van der Waals surface area contributed by atoms with Gasteiger partial charge in [-0.3, -0.25) is 28.8 Å². The van der Waals surface area contributed by atoms with Crippen LogP contribution in [0.25, 0.3) is 0 Å². The Morgan fingerprint density at radius 1 is 0.328 bits per heavy atom. The number of carboxylic acids is 2. The second-order valence-electron chi connectivity index (χ2n) is 34.0. The van der Waals surface area contributed by atoms with E-state index in [9.17, 15) is 43.5 Å². The van der Waals surface area contributed by atoms with E-state index in [0.717, 1.165) is 78.1 Å². The molecule has 0 radical (unpaired) electrons. The second-order valence-corrected chi connectivity index (χ2v) is 34.0. The van der Waals surface area contributed by atoms with E-state index in [2.05, 4.69) is 75.8 Å². The molecule has 2 rings (SSSR count). The molecule has 2 aliphatic rings. The van der Waals surface area contributed by atoms with Crippen LogP contribution in [0.4, 0.5) is 0 Å². The van der Waals surface area contributed by atoms with Crippen molar-refractivity contribution in [3.8, 4) is 0 Å². The third-order valence-electron chi connectivity index (χ3n) is 18.2. The summed E-state index contributed by atoms with van der Waals surface area (Å²) in [6.07, 6.45) is 13.8. The van der Waals surface area contributed by atoms with Crippen LogP contribution < -0.4 is 10.6 Å². The third-order valence-corrected chi connectivity index (χ3v) is 18.2. The molecule has 4 atom stereocenters. The predicted octanol–water partition coefficient (Wildman–Crippen LogP) is 14.8. The first kappa shape index (κ1) is 118.